The van der Waals surface area contributed by atoms with Crippen LogP contribution in [0.25, 0.3) is 0 Å². The van der Waals surface area contributed by atoms with Gasteiger partial charge in [0, 0.05) is 11.6 Å². The second-order valence-electron chi connectivity index (χ2n) is 5.31. The summed E-state index contributed by atoms with van der Waals surface area (Å²) in [6.45, 7) is 0. The second kappa shape index (κ2) is 4.72. The van der Waals surface area contributed by atoms with E-state index < -0.39 is 17.2 Å². The van der Waals surface area contributed by atoms with Gasteiger partial charge in [-0.25, -0.2) is 9.97 Å². The Balaban J connectivity index is 2.08. The van der Waals surface area contributed by atoms with Crippen molar-refractivity contribution >= 4 is 5.95 Å². The first-order valence-corrected chi connectivity index (χ1v) is 6.69. The summed E-state index contributed by atoms with van der Waals surface area (Å²) in [5, 5.41) is 0. The van der Waals surface area contributed by atoms with Gasteiger partial charge in [0.15, 0.2) is 0 Å². The van der Waals surface area contributed by atoms with E-state index >= 15 is 0 Å². The lowest BCUT2D eigenvalue weighted by Crippen LogP contribution is -2.36. The monoisotopic (exact) mass is 293 g/mol. The Labute approximate surface area is 120 Å². The van der Waals surface area contributed by atoms with Crippen LogP contribution in [0.3, 0.4) is 0 Å². The Morgan fingerprint density at radius 1 is 1.14 bits per heavy atom. The number of nitrogen functional groups attached to an aromatic ring is 1. The Morgan fingerprint density at radius 3 is 2.48 bits per heavy atom. The number of halogens is 3. The SMILES string of the molecule is Nc1nccc(C2(c3cccc(C(F)(F)F)c3)CCC2)n1. The number of alkyl halides is 3. The number of hydrogen-bond donors (Lipinski definition) is 1. The van der Waals surface area contributed by atoms with Crippen LogP contribution in [-0.4, -0.2) is 9.97 Å². The predicted molar refractivity (Wildman–Crippen MR) is 72.5 cm³/mol. The lowest BCUT2D eigenvalue weighted by Gasteiger charge is -2.42. The highest BCUT2D eigenvalue weighted by atomic mass is 19.4. The van der Waals surface area contributed by atoms with Crippen molar-refractivity contribution in [2.24, 2.45) is 0 Å². The molecule has 0 amide bonds. The third-order valence-electron chi connectivity index (χ3n) is 4.11. The van der Waals surface area contributed by atoms with Crippen LogP contribution in [-0.2, 0) is 11.6 Å². The third-order valence-corrected chi connectivity index (χ3v) is 4.11. The molecule has 21 heavy (non-hydrogen) atoms. The molecule has 110 valence electrons. The van der Waals surface area contributed by atoms with Gasteiger partial charge in [0.1, 0.15) is 0 Å². The average molecular weight is 293 g/mol. The van der Waals surface area contributed by atoms with E-state index in [1.807, 2.05) is 0 Å². The predicted octanol–water partition coefficient (Wildman–Crippen LogP) is 3.55. The summed E-state index contributed by atoms with van der Waals surface area (Å²) in [6, 6.07) is 7.22. The molecule has 1 aromatic carbocycles. The maximum absolute atomic E-state index is 12.9. The van der Waals surface area contributed by atoms with Crippen LogP contribution in [0.2, 0.25) is 0 Å². The first kappa shape index (κ1) is 13.9. The van der Waals surface area contributed by atoms with E-state index in [2.05, 4.69) is 9.97 Å². The zero-order valence-electron chi connectivity index (χ0n) is 11.2. The first-order chi connectivity index (χ1) is 9.92. The summed E-state index contributed by atoms with van der Waals surface area (Å²) in [6.07, 6.45) is -0.299. The molecule has 0 radical (unpaired) electrons. The number of hydrogen-bond acceptors (Lipinski definition) is 3. The number of aromatic nitrogens is 2. The lowest BCUT2D eigenvalue weighted by molar-refractivity contribution is -0.137. The van der Waals surface area contributed by atoms with Gasteiger partial charge >= 0.3 is 6.18 Å². The normalized spacial score (nSPS) is 17.3. The molecule has 0 atom stereocenters. The molecule has 1 fully saturated rings. The maximum Gasteiger partial charge on any atom is 0.416 e. The summed E-state index contributed by atoms with van der Waals surface area (Å²) in [4.78, 5) is 8.07. The number of nitrogens with two attached hydrogens (primary N) is 1. The molecule has 6 heteroatoms. The van der Waals surface area contributed by atoms with E-state index in [4.69, 9.17) is 5.73 Å². The van der Waals surface area contributed by atoms with E-state index in [-0.39, 0.29) is 5.95 Å². The number of nitrogens with zero attached hydrogens (tertiary/aromatic N) is 2. The maximum atomic E-state index is 12.9. The van der Waals surface area contributed by atoms with E-state index in [1.165, 1.54) is 12.1 Å². The highest BCUT2D eigenvalue weighted by Gasteiger charge is 2.43. The molecule has 0 aliphatic heterocycles. The number of anilines is 1. The van der Waals surface area contributed by atoms with Crippen LogP contribution in [0.15, 0.2) is 36.5 Å². The summed E-state index contributed by atoms with van der Waals surface area (Å²) in [5.41, 5.74) is 5.84. The Hall–Kier alpha value is -2.11. The fraction of sp³-hybridized carbons (Fsp3) is 0.333. The number of rotatable bonds is 2. The lowest BCUT2D eigenvalue weighted by atomic mass is 9.62. The van der Waals surface area contributed by atoms with Gasteiger partial charge in [-0.05, 0) is 30.5 Å². The topological polar surface area (TPSA) is 51.8 Å². The molecule has 0 saturated heterocycles. The van der Waals surface area contributed by atoms with Gasteiger partial charge in [0.25, 0.3) is 0 Å². The van der Waals surface area contributed by atoms with Crippen LogP contribution in [0.1, 0.15) is 36.1 Å². The average Bonchev–Trinajstić information content (AvgIpc) is 2.37. The van der Waals surface area contributed by atoms with Gasteiger partial charge < -0.3 is 5.73 Å². The molecule has 1 aromatic heterocycles. The third kappa shape index (κ3) is 2.34. The van der Waals surface area contributed by atoms with Crippen LogP contribution >= 0.6 is 0 Å². The Bertz CT molecular complexity index is 663. The molecular weight excluding hydrogens is 279 g/mol. The molecule has 0 spiro atoms. The van der Waals surface area contributed by atoms with Crippen LogP contribution in [0.4, 0.5) is 19.1 Å². The van der Waals surface area contributed by atoms with Crippen molar-refractivity contribution in [3.8, 4) is 0 Å². The largest absolute Gasteiger partial charge is 0.416 e. The summed E-state index contributed by atoms with van der Waals surface area (Å²) >= 11 is 0. The molecule has 1 aliphatic carbocycles. The van der Waals surface area contributed by atoms with Gasteiger partial charge in [0.2, 0.25) is 5.95 Å². The molecule has 1 heterocycles. The summed E-state index contributed by atoms with van der Waals surface area (Å²) < 4.78 is 38.7. The molecular formula is C15H14F3N3. The van der Waals surface area contributed by atoms with E-state index in [1.54, 1.807) is 18.3 Å². The van der Waals surface area contributed by atoms with Gasteiger partial charge in [0.05, 0.1) is 11.3 Å². The zero-order chi connectivity index (χ0) is 15.1. The molecule has 3 nitrogen and oxygen atoms in total. The molecule has 0 bridgehead atoms. The fourth-order valence-corrected chi connectivity index (χ4v) is 2.86. The smallest absolute Gasteiger partial charge is 0.368 e. The first-order valence-electron chi connectivity index (χ1n) is 6.69. The van der Waals surface area contributed by atoms with Crippen LogP contribution < -0.4 is 5.73 Å². The van der Waals surface area contributed by atoms with Crippen LogP contribution in [0, 0.1) is 0 Å². The molecule has 1 aliphatic rings. The standard InChI is InChI=1S/C15H14F3N3/c16-15(17,18)11-4-1-3-10(9-11)14(6-2-7-14)12-5-8-20-13(19)21-12/h1,3-5,8-9H,2,6-7H2,(H2,19,20,21). The van der Waals surface area contributed by atoms with Gasteiger partial charge in [-0.2, -0.15) is 13.2 Å². The molecule has 3 rings (SSSR count). The summed E-state index contributed by atoms with van der Waals surface area (Å²) in [7, 11) is 0. The quantitative estimate of drug-likeness (QED) is 0.921. The molecule has 0 unspecified atom stereocenters. The highest BCUT2D eigenvalue weighted by Crippen LogP contribution is 2.49. The minimum absolute atomic E-state index is 0.144. The van der Waals surface area contributed by atoms with Crippen molar-refractivity contribution in [2.45, 2.75) is 30.9 Å². The van der Waals surface area contributed by atoms with Crippen molar-refractivity contribution in [1.82, 2.24) is 9.97 Å². The van der Waals surface area contributed by atoms with E-state index in [0.29, 0.717) is 11.3 Å². The molecule has 2 aromatic rings. The molecule has 1 saturated carbocycles. The molecule has 2 N–H and O–H groups in total. The van der Waals surface area contributed by atoms with Gasteiger partial charge in [-0.15, -0.1) is 0 Å². The number of benzene rings is 1. The van der Waals surface area contributed by atoms with Crippen LogP contribution in [0.5, 0.6) is 0 Å². The van der Waals surface area contributed by atoms with Crippen molar-refractivity contribution in [3.05, 3.63) is 53.3 Å². The van der Waals surface area contributed by atoms with Crippen molar-refractivity contribution in [3.63, 3.8) is 0 Å². The zero-order valence-corrected chi connectivity index (χ0v) is 11.2. The second-order valence-corrected chi connectivity index (χ2v) is 5.31. The van der Waals surface area contributed by atoms with E-state index in [0.717, 1.165) is 25.3 Å². The summed E-state index contributed by atoms with van der Waals surface area (Å²) in [5.74, 6) is 0.144. The van der Waals surface area contributed by atoms with Gasteiger partial charge in [-0.3, -0.25) is 0 Å². The Morgan fingerprint density at radius 2 is 1.90 bits per heavy atom. The van der Waals surface area contributed by atoms with E-state index in [9.17, 15) is 13.2 Å². The van der Waals surface area contributed by atoms with Crippen molar-refractivity contribution in [1.29, 1.82) is 0 Å². The fourth-order valence-electron chi connectivity index (χ4n) is 2.86. The van der Waals surface area contributed by atoms with Crippen molar-refractivity contribution < 1.29 is 13.2 Å². The minimum atomic E-state index is -4.34. The highest BCUT2D eigenvalue weighted by molar-refractivity contribution is 5.41. The Kier molecular flexibility index (Phi) is 3.11. The minimum Gasteiger partial charge on any atom is -0.368 e. The van der Waals surface area contributed by atoms with Gasteiger partial charge in [-0.1, -0.05) is 24.6 Å². The van der Waals surface area contributed by atoms with Crippen molar-refractivity contribution in [2.75, 3.05) is 5.73 Å².